The van der Waals surface area contributed by atoms with Crippen LogP contribution in [0.4, 0.5) is 8.78 Å². The molecule has 0 saturated heterocycles. The maximum Gasteiger partial charge on any atom is 0.223 e. The van der Waals surface area contributed by atoms with Gasteiger partial charge < -0.3 is 0 Å². The van der Waals surface area contributed by atoms with Crippen molar-refractivity contribution in [3.8, 4) is 11.1 Å². The Balaban J connectivity index is 1.53. The van der Waals surface area contributed by atoms with E-state index in [4.69, 9.17) is 0 Å². The molecule has 1 saturated carbocycles. The van der Waals surface area contributed by atoms with Gasteiger partial charge in [0.1, 0.15) is 0 Å². The third-order valence-corrected chi connectivity index (χ3v) is 5.58. The first-order valence-corrected chi connectivity index (χ1v) is 9.57. The Morgan fingerprint density at radius 1 is 0.880 bits per heavy atom. The van der Waals surface area contributed by atoms with Crippen molar-refractivity contribution in [2.45, 2.75) is 58.3 Å². The first kappa shape index (κ1) is 18.0. The quantitative estimate of drug-likeness (QED) is 0.541. The van der Waals surface area contributed by atoms with E-state index in [1.165, 1.54) is 62.6 Å². The van der Waals surface area contributed by atoms with E-state index in [1.807, 2.05) is 12.1 Å². The van der Waals surface area contributed by atoms with Crippen molar-refractivity contribution in [2.24, 2.45) is 11.8 Å². The van der Waals surface area contributed by atoms with E-state index in [1.54, 1.807) is 0 Å². The fourth-order valence-corrected chi connectivity index (χ4v) is 4.07. The molecule has 0 atom stereocenters. The van der Waals surface area contributed by atoms with Crippen LogP contribution in [0.2, 0.25) is 0 Å². The van der Waals surface area contributed by atoms with Crippen LogP contribution in [0.15, 0.2) is 36.4 Å². The monoisotopic (exact) mass is 343 g/mol. The number of hydrogen-bond donors (Lipinski definition) is 0. The summed E-state index contributed by atoms with van der Waals surface area (Å²) in [7, 11) is 0. The van der Waals surface area contributed by atoms with Crippen molar-refractivity contribution in [2.75, 3.05) is 0 Å². The van der Waals surface area contributed by atoms with Gasteiger partial charge >= 0.3 is 0 Å². The van der Waals surface area contributed by atoms with Gasteiger partial charge in [0.15, 0.2) is 0 Å². The van der Waals surface area contributed by atoms with Crippen LogP contribution in [-0.2, 0) is 6.42 Å². The SMILES string of the molecule is CCCC1CCC(CCc2ccc(-c3ccc(F)nc3F)cc2)CC1. The summed E-state index contributed by atoms with van der Waals surface area (Å²) in [4.78, 5) is 3.26. The summed E-state index contributed by atoms with van der Waals surface area (Å²) in [6.45, 7) is 2.28. The van der Waals surface area contributed by atoms with Crippen molar-refractivity contribution in [1.82, 2.24) is 4.98 Å². The Morgan fingerprint density at radius 3 is 2.12 bits per heavy atom. The molecule has 1 nitrogen and oxygen atoms in total. The average Bonchev–Trinajstić information content (AvgIpc) is 2.62. The molecule has 0 unspecified atom stereocenters. The van der Waals surface area contributed by atoms with Crippen LogP contribution in [0.5, 0.6) is 0 Å². The number of rotatable bonds is 6. The molecular formula is C22H27F2N. The van der Waals surface area contributed by atoms with Crippen LogP contribution in [0, 0.1) is 23.7 Å². The number of nitrogens with zero attached hydrogens (tertiary/aromatic N) is 1. The minimum atomic E-state index is -0.786. The summed E-state index contributed by atoms with van der Waals surface area (Å²) in [6, 6.07) is 10.6. The van der Waals surface area contributed by atoms with Gasteiger partial charge in [-0.1, -0.05) is 69.7 Å². The number of hydrogen-bond acceptors (Lipinski definition) is 1. The van der Waals surface area contributed by atoms with Gasteiger partial charge in [0.2, 0.25) is 11.9 Å². The normalized spacial score (nSPS) is 20.6. The third kappa shape index (κ3) is 4.87. The molecule has 1 aromatic carbocycles. The largest absolute Gasteiger partial charge is 0.223 e. The van der Waals surface area contributed by atoms with E-state index in [-0.39, 0.29) is 0 Å². The molecule has 0 radical (unpaired) electrons. The Hall–Kier alpha value is -1.77. The minimum absolute atomic E-state index is 0.349. The summed E-state index contributed by atoms with van der Waals surface area (Å²) in [5.74, 6) is 0.273. The van der Waals surface area contributed by atoms with Crippen molar-refractivity contribution < 1.29 is 8.78 Å². The van der Waals surface area contributed by atoms with Gasteiger partial charge in [-0.2, -0.15) is 13.8 Å². The van der Waals surface area contributed by atoms with Crippen molar-refractivity contribution >= 4 is 0 Å². The zero-order valence-electron chi connectivity index (χ0n) is 15.0. The molecule has 1 aliphatic carbocycles. The second kappa shape index (κ2) is 8.55. The second-order valence-electron chi connectivity index (χ2n) is 7.38. The molecule has 0 spiro atoms. The van der Waals surface area contributed by atoms with E-state index in [9.17, 15) is 8.78 Å². The van der Waals surface area contributed by atoms with Crippen LogP contribution >= 0.6 is 0 Å². The molecule has 3 heteroatoms. The molecule has 0 N–H and O–H groups in total. The van der Waals surface area contributed by atoms with E-state index in [0.29, 0.717) is 5.56 Å². The molecule has 3 rings (SSSR count). The Labute approximate surface area is 149 Å². The number of aryl methyl sites for hydroxylation is 1. The third-order valence-electron chi connectivity index (χ3n) is 5.58. The van der Waals surface area contributed by atoms with Crippen LogP contribution in [0.1, 0.15) is 57.4 Å². The number of halogens is 2. The van der Waals surface area contributed by atoms with Crippen LogP contribution in [-0.4, -0.2) is 4.98 Å². The zero-order valence-corrected chi connectivity index (χ0v) is 15.0. The molecule has 1 aliphatic rings. The van der Waals surface area contributed by atoms with Crippen molar-refractivity contribution in [3.05, 3.63) is 53.9 Å². The lowest BCUT2D eigenvalue weighted by Crippen LogP contribution is -2.15. The van der Waals surface area contributed by atoms with E-state index >= 15 is 0 Å². The molecule has 1 heterocycles. The highest BCUT2D eigenvalue weighted by molar-refractivity contribution is 5.63. The lowest BCUT2D eigenvalue weighted by molar-refractivity contribution is 0.252. The Bertz CT molecular complexity index is 673. The fourth-order valence-electron chi connectivity index (χ4n) is 4.07. The molecule has 134 valence electrons. The zero-order chi connectivity index (χ0) is 17.6. The Morgan fingerprint density at radius 2 is 1.52 bits per heavy atom. The molecule has 1 aromatic heterocycles. The summed E-state index contributed by atoms with van der Waals surface area (Å²) >= 11 is 0. The maximum atomic E-state index is 13.8. The van der Waals surface area contributed by atoms with E-state index in [2.05, 4.69) is 24.0 Å². The average molecular weight is 343 g/mol. The highest BCUT2D eigenvalue weighted by Gasteiger charge is 2.20. The molecule has 25 heavy (non-hydrogen) atoms. The summed E-state index contributed by atoms with van der Waals surface area (Å²) in [5.41, 5.74) is 2.38. The lowest BCUT2D eigenvalue weighted by Gasteiger charge is -2.28. The van der Waals surface area contributed by atoms with Gasteiger partial charge in [-0.05, 0) is 47.9 Å². The Kier molecular flexibility index (Phi) is 6.17. The lowest BCUT2D eigenvalue weighted by atomic mass is 9.78. The first-order chi connectivity index (χ1) is 12.2. The molecule has 0 aliphatic heterocycles. The van der Waals surface area contributed by atoms with Crippen LogP contribution in [0.3, 0.4) is 0 Å². The van der Waals surface area contributed by atoms with Gasteiger partial charge in [-0.15, -0.1) is 0 Å². The molecule has 0 amide bonds. The van der Waals surface area contributed by atoms with Crippen molar-refractivity contribution in [3.63, 3.8) is 0 Å². The van der Waals surface area contributed by atoms with Gasteiger partial charge in [0.25, 0.3) is 0 Å². The topological polar surface area (TPSA) is 12.9 Å². The number of aromatic nitrogens is 1. The predicted octanol–water partition coefficient (Wildman–Crippen LogP) is 6.57. The van der Waals surface area contributed by atoms with E-state index in [0.717, 1.165) is 23.8 Å². The summed E-state index contributed by atoms with van der Waals surface area (Å²) in [5, 5.41) is 0. The van der Waals surface area contributed by atoms with Crippen LogP contribution < -0.4 is 0 Å². The minimum Gasteiger partial charge on any atom is -0.190 e. The number of pyridine rings is 1. The molecule has 1 fully saturated rings. The summed E-state index contributed by atoms with van der Waals surface area (Å²) in [6.07, 6.45) is 10.6. The van der Waals surface area contributed by atoms with E-state index < -0.39 is 11.9 Å². The van der Waals surface area contributed by atoms with Gasteiger partial charge in [0, 0.05) is 5.56 Å². The standard InChI is InChI=1S/C22H27F2N/c1-2-3-16-4-6-17(7-5-16)8-9-18-10-12-19(13-11-18)20-14-15-21(23)25-22(20)24/h10-17H,2-9H2,1H3. The van der Waals surface area contributed by atoms with Crippen LogP contribution in [0.25, 0.3) is 11.1 Å². The van der Waals surface area contributed by atoms with Gasteiger partial charge in [-0.25, -0.2) is 0 Å². The highest BCUT2D eigenvalue weighted by atomic mass is 19.1. The highest BCUT2D eigenvalue weighted by Crippen LogP contribution is 2.34. The molecule has 0 bridgehead atoms. The van der Waals surface area contributed by atoms with Crippen molar-refractivity contribution in [1.29, 1.82) is 0 Å². The predicted molar refractivity (Wildman–Crippen MR) is 98.3 cm³/mol. The number of benzene rings is 1. The maximum absolute atomic E-state index is 13.8. The molecular weight excluding hydrogens is 316 g/mol. The smallest absolute Gasteiger partial charge is 0.190 e. The first-order valence-electron chi connectivity index (χ1n) is 9.57. The molecule has 2 aromatic rings. The van der Waals surface area contributed by atoms with Gasteiger partial charge in [-0.3, -0.25) is 0 Å². The van der Waals surface area contributed by atoms with Gasteiger partial charge in [0.05, 0.1) is 0 Å². The second-order valence-corrected chi connectivity index (χ2v) is 7.38. The fraction of sp³-hybridized carbons (Fsp3) is 0.500. The summed E-state index contributed by atoms with van der Waals surface area (Å²) < 4.78 is 26.7.